The highest BCUT2D eigenvalue weighted by Crippen LogP contribution is 2.18. The molecular formula is C9H13BrN2O3S. The summed E-state index contributed by atoms with van der Waals surface area (Å²) in [6.07, 6.45) is 1.52. The lowest BCUT2D eigenvalue weighted by Crippen LogP contribution is -2.28. The maximum atomic E-state index is 11.6. The van der Waals surface area contributed by atoms with E-state index in [9.17, 15) is 8.42 Å². The Hall–Kier alpha value is -0.660. The lowest BCUT2D eigenvalue weighted by atomic mass is 10.3. The molecule has 1 unspecified atom stereocenters. The molecule has 1 aromatic heterocycles. The molecule has 2 N–H and O–H groups in total. The molecule has 0 radical (unpaired) electrons. The van der Waals surface area contributed by atoms with Crippen molar-refractivity contribution in [2.75, 3.05) is 11.3 Å². The molecular weight excluding hydrogens is 296 g/mol. The first-order valence-corrected chi connectivity index (χ1v) is 6.95. The Bertz CT molecular complexity index is 476. The average Bonchev–Trinajstić information content (AvgIpc) is 2.22. The van der Waals surface area contributed by atoms with Crippen LogP contribution < -0.4 is 4.72 Å². The second-order valence-corrected chi connectivity index (χ2v) is 6.41. The molecule has 7 heteroatoms. The predicted octanol–water partition coefficient (Wildman–Crippen LogP) is 1.28. The molecule has 5 nitrogen and oxygen atoms in total. The van der Waals surface area contributed by atoms with Gasteiger partial charge in [0.05, 0.1) is 6.61 Å². The number of anilines is 1. The Labute approximate surface area is 103 Å². The van der Waals surface area contributed by atoms with Gasteiger partial charge in [-0.2, -0.15) is 0 Å². The van der Waals surface area contributed by atoms with E-state index in [0.717, 1.165) is 10.0 Å². The maximum Gasteiger partial charge on any atom is 0.238 e. The lowest BCUT2D eigenvalue weighted by molar-refractivity contribution is 0.296. The number of aryl methyl sites for hydroxylation is 1. The highest BCUT2D eigenvalue weighted by atomic mass is 79.9. The molecule has 0 saturated heterocycles. The number of hydrogen-bond donors (Lipinski definition) is 2. The Balaban J connectivity index is 2.93. The van der Waals surface area contributed by atoms with Crippen molar-refractivity contribution in [2.24, 2.45) is 0 Å². The maximum absolute atomic E-state index is 11.6. The van der Waals surface area contributed by atoms with Crippen LogP contribution in [-0.4, -0.2) is 30.4 Å². The Morgan fingerprint density at radius 1 is 1.62 bits per heavy atom. The van der Waals surface area contributed by atoms with Crippen LogP contribution in [0.2, 0.25) is 0 Å². The molecule has 1 rings (SSSR count). The van der Waals surface area contributed by atoms with Crippen molar-refractivity contribution >= 4 is 31.8 Å². The SMILES string of the molecule is Cc1cc(NS(=O)(=O)C(C)CO)ncc1Br. The van der Waals surface area contributed by atoms with E-state index in [0.29, 0.717) is 0 Å². The van der Waals surface area contributed by atoms with Crippen molar-refractivity contribution in [3.8, 4) is 0 Å². The van der Waals surface area contributed by atoms with Gasteiger partial charge in [-0.05, 0) is 41.4 Å². The minimum atomic E-state index is -3.57. The summed E-state index contributed by atoms with van der Waals surface area (Å²) in [5, 5.41) is 7.94. The van der Waals surface area contributed by atoms with Gasteiger partial charge in [0.1, 0.15) is 11.1 Å². The van der Waals surface area contributed by atoms with E-state index in [1.807, 2.05) is 6.92 Å². The van der Waals surface area contributed by atoms with Crippen LogP contribution in [-0.2, 0) is 10.0 Å². The number of nitrogens with zero attached hydrogens (tertiary/aromatic N) is 1. The zero-order chi connectivity index (χ0) is 12.3. The first kappa shape index (κ1) is 13.4. The summed E-state index contributed by atoms with van der Waals surface area (Å²) >= 11 is 3.27. The third-order valence-electron chi connectivity index (χ3n) is 2.08. The van der Waals surface area contributed by atoms with E-state index < -0.39 is 21.9 Å². The molecule has 0 aliphatic heterocycles. The third kappa shape index (κ3) is 3.16. The van der Waals surface area contributed by atoms with E-state index in [2.05, 4.69) is 25.6 Å². The van der Waals surface area contributed by atoms with Gasteiger partial charge in [0.15, 0.2) is 0 Å². The fourth-order valence-electron chi connectivity index (χ4n) is 0.940. The second kappa shape index (κ2) is 5.11. The van der Waals surface area contributed by atoms with E-state index in [1.165, 1.54) is 13.1 Å². The first-order chi connectivity index (χ1) is 7.36. The van der Waals surface area contributed by atoms with E-state index >= 15 is 0 Å². The lowest BCUT2D eigenvalue weighted by Gasteiger charge is -2.12. The molecule has 0 bridgehead atoms. The fraction of sp³-hybridized carbons (Fsp3) is 0.444. The summed E-state index contributed by atoms with van der Waals surface area (Å²) in [6, 6.07) is 1.62. The number of rotatable bonds is 4. The topological polar surface area (TPSA) is 79.3 Å². The van der Waals surface area contributed by atoms with Gasteiger partial charge in [-0.25, -0.2) is 13.4 Å². The van der Waals surface area contributed by atoms with Gasteiger partial charge < -0.3 is 5.11 Å². The van der Waals surface area contributed by atoms with Crippen LogP contribution in [0.15, 0.2) is 16.7 Å². The molecule has 0 aliphatic rings. The van der Waals surface area contributed by atoms with Crippen molar-refractivity contribution < 1.29 is 13.5 Å². The van der Waals surface area contributed by atoms with Crippen molar-refractivity contribution in [1.82, 2.24) is 4.98 Å². The molecule has 1 atom stereocenters. The third-order valence-corrected chi connectivity index (χ3v) is 4.61. The highest BCUT2D eigenvalue weighted by Gasteiger charge is 2.20. The number of nitrogens with one attached hydrogen (secondary N) is 1. The zero-order valence-corrected chi connectivity index (χ0v) is 11.3. The van der Waals surface area contributed by atoms with Crippen LogP contribution >= 0.6 is 15.9 Å². The van der Waals surface area contributed by atoms with Crippen molar-refractivity contribution in [2.45, 2.75) is 19.1 Å². The molecule has 16 heavy (non-hydrogen) atoms. The summed E-state index contributed by atoms with van der Waals surface area (Å²) in [4.78, 5) is 3.92. The fourth-order valence-corrected chi connectivity index (χ4v) is 1.96. The summed E-state index contributed by atoms with van der Waals surface area (Å²) < 4.78 is 26.3. The van der Waals surface area contributed by atoms with Crippen LogP contribution in [0.1, 0.15) is 12.5 Å². The Morgan fingerprint density at radius 2 is 2.25 bits per heavy atom. The molecule has 0 fully saturated rings. The standard InChI is InChI=1S/C9H13BrN2O3S/c1-6-3-9(11-4-8(6)10)12-16(14,15)7(2)5-13/h3-4,7,13H,5H2,1-2H3,(H,11,12). The number of aromatic nitrogens is 1. The van der Waals surface area contributed by atoms with Gasteiger partial charge in [0.2, 0.25) is 10.0 Å². The number of hydrogen-bond acceptors (Lipinski definition) is 4. The van der Waals surface area contributed by atoms with Gasteiger partial charge in [-0.15, -0.1) is 0 Å². The van der Waals surface area contributed by atoms with E-state index in [4.69, 9.17) is 5.11 Å². The molecule has 0 saturated carbocycles. The second-order valence-electron chi connectivity index (χ2n) is 3.46. The predicted molar refractivity (Wildman–Crippen MR) is 65.8 cm³/mol. The molecule has 0 aromatic carbocycles. The first-order valence-electron chi connectivity index (χ1n) is 4.61. The quantitative estimate of drug-likeness (QED) is 0.878. The van der Waals surface area contributed by atoms with Crippen LogP contribution in [0.4, 0.5) is 5.82 Å². The Kier molecular flexibility index (Phi) is 4.28. The molecule has 90 valence electrons. The minimum absolute atomic E-state index is 0.251. The molecule has 0 spiro atoms. The minimum Gasteiger partial charge on any atom is -0.395 e. The zero-order valence-electron chi connectivity index (χ0n) is 8.94. The van der Waals surface area contributed by atoms with Crippen LogP contribution in [0.3, 0.4) is 0 Å². The molecule has 1 aromatic rings. The van der Waals surface area contributed by atoms with Gasteiger partial charge in [-0.3, -0.25) is 4.72 Å². The number of sulfonamides is 1. The summed E-state index contributed by atoms with van der Waals surface area (Å²) in [7, 11) is -3.57. The number of aliphatic hydroxyl groups is 1. The van der Waals surface area contributed by atoms with Crippen molar-refractivity contribution in [3.63, 3.8) is 0 Å². The van der Waals surface area contributed by atoms with Gasteiger partial charge in [0.25, 0.3) is 0 Å². The van der Waals surface area contributed by atoms with Crippen molar-refractivity contribution in [3.05, 3.63) is 22.3 Å². The van der Waals surface area contributed by atoms with Gasteiger partial charge in [0, 0.05) is 10.7 Å². The van der Waals surface area contributed by atoms with Crippen molar-refractivity contribution in [1.29, 1.82) is 0 Å². The molecule has 0 amide bonds. The summed E-state index contributed by atoms with van der Waals surface area (Å²) in [5.74, 6) is 0.251. The normalized spacial score (nSPS) is 13.5. The number of pyridine rings is 1. The monoisotopic (exact) mass is 308 g/mol. The number of halogens is 1. The molecule has 1 heterocycles. The highest BCUT2D eigenvalue weighted by molar-refractivity contribution is 9.10. The smallest absolute Gasteiger partial charge is 0.238 e. The van der Waals surface area contributed by atoms with Crippen LogP contribution in [0, 0.1) is 6.92 Å². The van der Waals surface area contributed by atoms with E-state index in [-0.39, 0.29) is 5.82 Å². The van der Waals surface area contributed by atoms with Crippen LogP contribution in [0.25, 0.3) is 0 Å². The van der Waals surface area contributed by atoms with Crippen LogP contribution in [0.5, 0.6) is 0 Å². The molecule has 0 aliphatic carbocycles. The number of aliphatic hydroxyl groups excluding tert-OH is 1. The van der Waals surface area contributed by atoms with E-state index in [1.54, 1.807) is 6.07 Å². The van der Waals surface area contributed by atoms with Gasteiger partial charge in [-0.1, -0.05) is 0 Å². The summed E-state index contributed by atoms with van der Waals surface area (Å²) in [6.45, 7) is 2.83. The van der Waals surface area contributed by atoms with Gasteiger partial charge >= 0.3 is 0 Å². The summed E-state index contributed by atoms with van der Waals surface area (Å²) in [5.41, 5.74) is 0.879. The largest absolute Gasteiger partial charge is 0.395 e. The Morgan fingerprint density at radius 3 is 2.75 bits per heavy atom. The average molecular weight is 309 g/mol.